The van der Waals surface area contributed by atoms with Gasteiger partial charge in [0.1, 0.15) is 12.6 Å². The van der Waals surface area contributed by atoms with Crippen molar-refractivity contribution in [3.8, 4) is 11.3 Å². The van der Waals surface area contributed by atoms with Crippen molar-refractivity contribution >= 4 is 6.79 Å². The van der Waals surface area contributed by atoms with E-state index in [1.165, 1.54) is 18.5 Å². The Labute approximate surface area is 138 Å². The van der Waals surface area contributed by atoms with Crippen LogP contribution < -0.4 is 0 Å². The molecule has 0 aromatic carbocycles. The molecule has 0 radical (unpaired) electrons. The lowest BCUT2D eigenvalue weighted by atomic mass is 10.1. The summed E-state index contributed by atoms with van der Waals surface area (Å²) in [6.07, 6.45) is 7.56. The number of nitrogens with zero attached hydrogens (tertiary/aromatic N) is 4. The summed E-state index contributed by atoms with van der Waals surface area (Å²) in [5.74, 6) is 1.66. The molecule has 6 heteroatoms. The summed E-state index contributed by atoms with van der Waals surface area (Å²) in [5, 5.41) is 11.4. The maximum Gasteiger partial charge on any atom is 0.125 e. The summed E-state index contributed by atoms with van der Waals surface area (Å²) in [6, 6.07) is 1.96. The van der Waals surface area contributed by atoms with E-state index in [2.05, 4.69) is 15.1 Å². The lowest BCUT2D eigenvalue weighted by molar-refractivity contribution is -0.0979. The Kier molecular flexibility index (Phi) is 10.4. The number of rotatable bonds is 3. The van der Waals surface area contributed by atoms with Gasteiger partial charge >= 0.3 is 0 Å². The van der Waals surface area contributed by atoms with Crippen LogP contribution in [-0.4, -0.2) is 38.8 Å². The maximum atomic E-state index is 8.00. The van der Waals surface area contributed by atoms with Gasteiger partial charge in [0.25, 0.3) is 0 Å². The largest absolute Gasteiger partial charge is 0.400 e. The average molecular weight is 320 g/mol. The minimum absolute atomic E-state index is 0.809. The second kappa shape index (κ2) is 11.5. The molecule has 1 aliphatic carbocycles. The van der Waals surface area contributed by atoms with E-state index in [0.717, 1.165) is 36.5 Å². The van der Waals surface area contributed by atoms with Crippen LogP contribution in [0.5, 0.6) is 0 Å². The van der Waals surface area contributed by atoms with Crippen molar-refractivity contribution in [2.75, 3.05) is 7.11 Å². The second-order valence-electron chi connectivity index (χ2n) is 4.77. The summed E-state index contributed by atoms with van der Waals surface area (Å²) in [5.41, 5.74) is 3.44. The molecule has 0 saturated heterocycles. The molecule has 1 N–H and O–H groups in total. The van der Waals surface area contributed by atoms with Crippen LogP contribution in [0.1, 0.15) is 38.2 Å². The molecule has 23 heavy (non-hydrogen) atoms. The van der Waals surface area contributed by atoms with Gasteiger partial charge < -0.3 is 9.90 Å². The molecule has 1 saturated carbocycles. The minimum Gasteiger partial charge on any atom is -0.400 e. The standard InChI is InChI=1S/C13H16N4.C2H6.CH4O.CH2O/c1-9-14-6-5-12(16-9)11-8-15-17(2)13(11)7-10-3-4-10;3*1-2/h5-6,8,10H,3-4,7H2,1-2H3;1-2H3;2H,1H3;1H2. The zero-order valence-corrected chi connectivity index (χ0v) is 14.8. The molecule has 0 aliphatic heterocycles. The molecule has 1 fully saturated rings. The van der Waals surface area contributed by atoms with Crippen molar-refractivity contribution in [3.63, 3.8) is 0 Å². The minimum atomic E-state index is 0.809. The van der Waals surface area contributed by atoms with E-state index in [4.69, 9.17) is 9.90 Å². The van der Waals surface area contributed by atoms with Gasteiger partial charge in [0.15, 0.2) is 0 Å². The van der Waals surface area contributed by atoms with Crippen molar-refractivity contribution in [1.29, 1.82) is 0 Å². The molecule has 0 amide bonds. The third-order valence-electron chi connectivity index (χ3n) is 3.29. The van der Waals surface area contributed by atoms with Gasteiger partial charge in [-0.1, -0.05) is 13.8 Å². The van der Waals surface area contributed by atoms with Gasteiger partial charge in [-0.2, -0.15) is 5.10 Å². The topological polar surface area (TPSA) is 80.9 Å². The van der Waals surface area contributed by atoms with E-state index in [-0.39, 0.29) is 0 Å². The molecular weight excluding hydrogens is 292 g/mol. The smallest absolute Gasteiger partial charge is 0.125 e. The highest BCUT2D eigenvalue weighted by molar-refractivity contribution is 5.61. The fraction of sp³-hybridized carbons (Fsp3) is 0.529. The van der Waals surface area contributed by atoms with E-state index in [9.17, 15) is 0 Å². The van der Waals surface area contributed by atoms with E-state index >= 15 is 0 Å². The highest BCUT2D eigenvalue weighted by atomic mass is 16.2. The Hall–Kier alpha value is -2.08. The first-order valence-electron chi connectivity index (χ1n) is 7.78. The third kappa shape index (κ3) is 6.28. The second-order valence-corrected chi connectivity index (χ2v) is 4.77. The van der Waals surface area contributed by atoms with Gasteiger partial charge in [0.05, 0.1) is 11.9 Å². The average Bonchev–Trinajstić information content (AvgIpc) is 3.36. The molecule has 0 bridgehead atoms. The number of aliphatic hydroxyl groups excluding tert-OH is 1. The van der Waals surface area contributed by atoms with E-state index < -0.39 is 0 Å². The highest BCUT2D eigenvalue weighted by Crippen LogP contribution is 2.35. The molecule has 2 aromatic rings. The molecule has 0 unspecified atom stereocenters. The first-order chi connectivity index (χ1) is 11.2. The van der Waals surface area contributed by atoms with Crippen molar-refractivity contribution in [2.45, 2.75) is 40.0 Å². The van der Waals surface area contributed by atoms with E-state index in [1.807, 2.05) is 57.7 Å². The predicted molar refractivity (Wildman–Crippen MR) is 92.0 cm³/mol. The Balaban J connectivity index is 0.000000728. The van der Waals surface area contributed by atoms with Gasteiger partial charge in [0, 0.05) is 31.6 Å². The van der Waals surface area contributed by atoms with Gasteiger partial charge in [-0.3, -0.25) is 4.68 Å². The molecule has 2 heterocycles. The quantitative estimate of drug-likeness (QED) is 0.940. The fourth-order valence-corrected chi connectivity index (χ4v) is 2.12. The lowest BCUT2D eigenvalue weighted by Gasteiger charge is -2.05. The van der Waals surface area contributed by atoms with Crippen LogP contribution in [0.25, 0.3) is 11.3 Å². The normalized spacial score (nSPS) is 11.9. The van der Waals surface area contributed by atoms with Crippen molar-refractivity contribution in [1.82, 2.24) is 19.7 Å². The Morgan fingerprint density at radius 3 is 2.43 bits per heavy atom. The molecule has 3 rings (SSSR count). The van der Waals surface area contributed by atoms with Gasteiger partial charge in [-0.05, 0) is 38.2 Å². The van der Waals surface area contributed by atoms with Crippen LogP contribution in [0.2, 0.25) is 0 Å². The molecule has 0 atom stereocenters. The number of hydrogen-bond acceptors (Lipinski definition) is 5. The Morgan fingerprint density at radius 1 is 1.30 bits per heavy atom. The van der Waals surface area contributed by atoms with Gasteiger partial charge in [-0.25, -0.2) is 9.97 Å². The van der Waals surface area contributed by atoms with Crippen molar-refractivity contribution in [2.24, 2.45) is 13.0 Å². The molecule has 2 aromatic heterocycles. The zero-order chi connectivity index (χ0) is 17.8. The van der Waals surface area contributed by atoms with E-state index in [0.29, 0.717) is 0 Å². The number of aryl methyl sites for hydroxylation is 2. The number of aromatic nitrogens is 4. The summed E-state index contributed by atoms with van der Waals surface area (Å²) >= 11 is 0. The van der Waals surface area contributed by atoms with Gasteiger partial charge in [0.2, 0.25) is 0 Å². The van der Waals surface area contributed by atoms with Crippen molar-refractivity contribution in [3.05, 3.63) is 30.0 Å². The first kappa shape index (κ1) is 20.9. The maximum absolute atomic E-state index is 8.00. The van der Waals surface area contributed by atoms with E-state index in [1.54, 1.807) is 0 Å². The van der Waals surface area contributed by atoms with Crippen LogP contribution >= 0.6 is 0 Å². The van der Waals surface area contributed by atoms with Crippen molar-refractivity contribution < 1.29 is 9.90 Å². The predicted octanol–water partition coefficient (Wildman–Crippen LogP) is 2.59. The molecule has 6 nitrogen and oxygen atoms in total. The Morgan fingerprint density at radius 2 is 1.91 bits per heavy atom. The zero-order valence-electron chi connectivity index (χ0n) is 14.8. The molecule has 1 aliphatic rings. The fourth-order valence-electron chi connectivity index (χ4n) is 2.12. The Bertz CT molecular complexity index is 565. The molecule has 0 spiro atoms. The van der Waals surface area contributed by atoms with Crippen LogP contribution in [-0.2, 0) is 18.3 Å². The summed E-state index contributed by atoms with van der Waals surface area (Å²) in [7, 11) is 3.01. The number of carbonyl (C=O) groups is 1. The number of aliphatic hydroxyl groups is 1. The molecule has 128 valence electrons. The third-order valence-corrected chi connectivity index (χ3v) is 3.29. The summed E-state index contributed by atoms with van der Waals surface area (Å²) in [6.45, 7) is 7.92. The van der Waals surface area contributed by atoms with Crippen LogP contribution in [0.4, 0.5) is 0 Å². The number of carbonyl (C=O) groups excluding carboxylic acids is 1. The summed E-state index contributed by atoms with van der Waals surface area (Å²) < 4.78 is 1.98. The monoisotopic (exact) mass is 320 g/mol. The SMILES string of the molecule is C=O.CC.CO.Cc1nccc(-c2cnn(C)c2CC2CC2)n1. The van der Waals surface area contributed by atoms with Crippen LogP contribution in [0, 0.1) is 12.8 Å². The lowest BCUT2D eigenvalue weighted by Crippen LogP contribution is -2.01. The van der Waals surface area contributed by atoms with Crippen LogP contribution in [0.15, 0.2) is 18.5 Å². The summed E-state index contributed by atoms with van der Waals surface area (Å²) in [4.78, 5) is 16.6. The molecular formula is C17H28N4O2. The van der Waals surface area contributed by atoms with Gasteiger partial charge in [-0.15, -0.1) is 0 Å². The number of hydrogen-bond donors (Lipinski definition) is 1. The highest BCUT2D eigenvalue weighted by Gasteiger charge is 2.25. The van der Waals surface area contributed by atoms with Crippen LogP contribution in [0.3, 0.4) is 0 Å². The first-order valence-corrected chi connectivity index (χ1v) is 7.78.